The van der Waals surface area contributed by atoms with E-state index in [0.717, 1.165) is 5.56 Å². The van der Waals surface area contributed by atoms with Crippen molar-refractivity contribution in [3.8, 4) is 11.8 Å². The summed E-state index contributed by atoms with van der Waals surface area (Å²) in [4.78, 5) is 15.6. The van der Waals surface area contributed by atoms with Gasteiger partial charge in [0, 0.05) is 11.9 Å². The third kappa shape index (κ3) is 3.28. The summed E-state index contributed by atoms with van der Waals surface area (Å²) in [6, 6.07) is 10.2. The average molecular weight is 283 g/mol. The van der Waals surface area contributed by atoms with Gasteiger partial charge in [0.25, 0.3) is 0 Å². The second kappa shape index (κ2) is 6.39. The van der Waals surface area contributed by atoms with Crippen molar-refractivity contribution in [3.05, 3.63) is 53.3 Å². The minimum atomic E-state index is -0.560. The van der Waals surface area contributed by atoms with Gasteiger partial charge in [-0.25, -0.2) is 9.78 Å². The smallest absolute Gasteiger partial charge is 0.343 e. The largest absolute Gasteiger partial charge is 0.488 e. The van der Waals surface area contributed by atoms with Gasteiger partial charge in [0.2, 0.25) is 0 Å². The fraction of sp³-hybridized carbons (Fsp3) is 0.133. The molecular weight excluding hydrogens is 270 g/mol. The number of hydrogen-bond acceptors (Lipinski definition) is 6. The number of hydrogen-bond donors (Lipinski definition) is 1. The number of anilines is 1. The molecule has 0 unspecified atom stereocenters. The van der Waals surface area contributed by atoms with E-state index < -0.39 is 5.97 Å². The molecule has 0 fully saturated rings. The van der Waals surface area contributed by atoms with Gasteiger partial charge in [-0.15, -0.1) is 0 Å². The topological polar surface area (TPSA) is 98.2 Å². The number of esters is 1. The summed E-state index contributed by atoms with van der Waals surface area (Å²) in [7, 11) is 1.28. The molecule has 6 heteroatoms. The number of rotatable bonds is 4. The molecule has 0 saturated carbocycles. The summed E-state index contributed by atoms with van der Waals surface area (Å²) in [6.07, 6.45) is 1.53. The first-order valence-corrected chi connectivity index (χ1v) is 6.10. The predicted molar refractivity (Wildman–Crippen MR) is 75.5 cm³/mol. The molecule has 6 nitrogen and oxygen atoms in total. The van der Waals surface area contributed by atoms with Crippen LogP contribution in [0.25, 0.3) is 0 Å². The maximum atomic E-state index is 11.7. The van der Waals surface area contributed by atoms with Gasteiger partial charge >= 0.3 is 5.97 Å². The Balaban J connectivity index is 2.22. The van der Waals surface area contributed by atoms with Gasteiger partial charge in [-0.05, 0) is 29.8 Å². The highest BCUT2D eigenvalue weighted by Gasteiger charge is 2.16. The van der Waals surface area contributed by atoms with E-state index in [4.69, 9.17) is 20.5 Å². The number of aromatic nitrogens is 1. The van der Waals surface area contributed by atoms with Crippen LogP contribution in [0.2, 0.25) is 0 Å². The Labute approximate surface area is 121 Å². The number of carbonyl (C=O) groups excluding carboxylic acids is 1. The second-order valence-electron chi connectivity index (χ2n) is 4.16. The standard InChI is InChI=1S/C15H13N3O3/c1-20-15(19)14-12(17)3-2-4-13(14)21-9-10-5-6-18-11(7-10)8-16/h2-7H,9,17H2,1H3. The van der Waals surface area contributed by atoms with Crippen LogP contribution < -0.4 is 10.5 Å². The molecule has 1 aromatic heterocycles. The zero-order chi connectivity index (χ0) is 15.2. The first-order chi connectivity index (χ1) is 10.2. The monoisotopic (exact) mass is 283 g/mol. The minimum absolute atomic E-state index is 0.185. The van der Waals surface area contributed by atoms with Crippen LogP contribution in [-0.4, -0.2) is 18.1 Å². The number of nitrogens with two attached hydrogens (primary N) is 1. The van der Waals surface area contributed by atoms with Crippen LogP contribution in [0.5, 0.6) is 5.75 Å². The van der Waals surface area contributed by atoms with E-state index in [0.29, 0.717) is 11.4 Å². The van der Waals surface area contributed by atoms with Crippen molar-refractivity contribution in [1.82, 2.24) is 4.98 Å². The van der Waals surface area contributed by atoms with Crippen molar-refractivity contribution in [3.63, 3.8) is 0 Å². The Morgan fingerprint density at radius 2 is 2.24 bits per heavy atom. The van der Waals surface area contributed by atoms with Crippen molar-refractivity contribution in [2.75, 3.05) is 12.8 Å². The molecule has 106 valence electrons. The molecule has 1 heterocycles. The lowest BCUT2D eigenvalue weighted by Crippen LogP contribution is -2.09. The maximum Gasteiger partial charge on any atom is 0.343 e. The van der Waals surface area contributed by atoms with Crippen molar-refractivity contribution < 1.29 is 14.3 Å². The molecule has 0 atom stereocenters. The first kappa shape index (κ1) is 14.3. The fourth-order valence-corrected chi connectivity index (χ4v) is 1.78. The number of methoxy groups -OCH3 is 1. The van der Waals surface area contributed by atoms with E-state index in [1.807, 2.05) is 6.07 Å². The highest BCUT2D eigenvalue weighted by atomic mass is 16.5. The number of benzene rings is 1. The van der Waals surface area contributed by atoms with Gasteiger partial charge < -0.3 is 15.2 Å². The van der Waals surface area contributed by atoms with Crippen LogP contribution in [0.15, 0.2) is 36.5 Å². The average Bonchev–Trinajstić information content (AvgIpc) is 2.52. The summed E-state index contributed by atoms with van der Waals surface area (Å²) in [5, 5.41) is 8.80. The lowest BCUT2D eigenvalue weighted by molar-refractivity contribution is 0.0597. The summed E-state index contributed by atoms with van der Waals surface area (Å²) in [6.45, 7) is 0.185. The normalized spacial score (nSPS) is 9.71. The van der Waals surface area contributed by atoms with E-state index in [9.17, 15) is 4.79 Å². The lowest BCUT2D eigenvalue weighted by atomic mass is 10.1. The summed E-state index contributed by atoms with van der Waals surface area (Å²) in [5.74, 6) is -0.229. The molecule has 2 aromatic rings. The Kier molecular flexibility index (Phi) is 4.36. The number of pyridine rings is 1. The Morgan fingerprint density at radius 3 is 2.95 bits per heavy atom. The van der Waals surface area contributed by atoms with Gasteiger partial charge in [0.1, 0.15) is 29.7 Å². The molecule has 21 heavy (non-hydrogen) atoms. The third-order valence-electron chi connectivity index (χ3n) is 2.78. The van der Waals surface area contributed by atoms with Crippen LogP contribution in [0.1, 0.15) is 21.6 Å². The molecule has 0 bridgehead atoms. The van der Waals surface area contributed by atoms with Crippen molar-refractivity contribution in [1.29, 1.82) is 5.26 Å². The zero-order valence-electron chi connectivity index (χ0n) is 11.4. The molecule has 0 aliphatic heterocycles. The molecule has 2 rings (SSSR count). The van der Waals surface area contributed by atoms with Crippen molar-refractivity contribution in [2.24, 2.45) is 0 Å². The quantitative estimate of drug-likeness (QED) is 0.679. The third-order valence-corrected chi connectivity index (χ3v) is 2.78. The molecule has 2 N–H and O–H groups in total. The van der Waals surface area contributed by atoms with Gasteiger partial charge in [-0.3, -0.25) is 0 Å². The Hall–Kier alpha value is -3.07. The lowest BCUT2D eigenvalue weighted by Gasteiger charge is -2.12. The van der Waals surface area contributed by atoms with Crippen LogP contribution >= 0.6 is 0 Å². The van der Waals surface area contributed by atoms with E-state index >= 15 is 0 Å². The summed E-state index contributed by atoms with van der Waals surface area (Å²) in [5.41, 5.74) is 7.32. The zero-order valence-corrected chi connectivity index (χ0v) is 11.4. The minimum Gasteiger partial charge on any atom is -0.488 e. The van der Waals surface area contributed by atoms with Gasteiger partial charge in [0.05, 0.1) is 7.11 Å². The molecule has 0 saturated heterocycles. The Morgan fingerprint density at radius 1 is 1.43 bits per heavy atom. The number of carbonyl (C=O) groups is 1. The molecule has 1 aromatic carbocycles. The van der Waals surface area contributed by atoms with Gasteiger partial charge in [0.15, 0.2) is 0 Å². The van der Waals surface area contributed by atoms with Crippen molar-refractivity contribution in [2.45, 2.75) is 6.61 Å². The predicted octanol–water partition coefficient (Wildman–Crippen LogP) is 1.90. The number of ether oxygens (including phenoxy) is 2. The van der Waals surface area contributed by atoms with Crippen LogP contribution in [0, 0.1) is 11.3 Å². The van der Waals surface area contributed by atoms with Crippen LogP contribution in [0.4, 0.5) is 5.69 Å². The van der Waals surface area contributed by atoms with Gasteiger partial charge in [-0.2, -0.15) is 5.26 Å². The summed E-state index contributed by atoms with van der Waals surface area (Å²) >= 11 is 0. The SMILES string of the molecule is COC(=O)c1c(N)cccc1OCc1ccnc(C#N)c1. The van der Waals surface area contributed by atoms with E-state index in [1.54, 1.807) is 30.3 Å². The Bertz CT molecular complexity index is 708. The van der Waals surface area contributed by atoms with E-state index in [-0.39, 0.29) is 17.9 Å². The van der Waals surface area contributed by atoms with E-state index in [2.05, 4.69) is 4.98 Å². The second-order valence-corrected chi connectivity index (χ2v) is 4.16. The van der Waals surface area contributed by atoms with E-state index in [1.165, 1.54) is 13.3 Å². The highest BCUT2D eigenvalue weighted by Crippen LogP contribution is 2.26. The molecule has 0 spiro atoms. The summed E-state index contributed by atoms with van der Waals surface area (Å²) < 4.78 is 10.3. The fourth-order valence-electron chi connectivity index (χ4n) is 1.78. The molecule has 0 aliphatic rings. The highest BCUT2D eigenvalue weighted by molar-refractivity contribution is 5.98. The van der Waals surface area contributed by atoms with Crippen LogP contribution in [0.3, 0.4) is 0 Å². The molecule has 0 aliphatic carbocycles. The molecule has 0 amide bonds. The number of nitriles is 1. The maximum absolute atomic E-state index is 11.7. The number of nitrogen functional groups attached to an aromatic ring is 1. The van der Waals surface area contributed by atoms with Crippen LogP contribution in [-0.2, 0) is 11.3 Å². The first-order valence-electron chi connectivity index (χ1n) is 6.10. The molecule has 0 radical (unpaired) electrons. The molecular formula is C15H13N3O3. The van der Waals surface area contributed by atoms with Crippen molar-refractivity contribution >= 4 is 11.7 Å². The number of nitrogens with zero attached hydrogens (tertiary/aromatic N) is 2. The van der Waals surface area contributed by atoms with Gasteiger partial charge in [-0.1, -0.05) is 6.07 Å².